The average molecular weight is 639 g/mol. The molecule has 47 heavy (non-hydrogen) atoms. The fourth-order valence-electron chi connectivity index (χ4n) is 6.73. The standard InChI is InChI=1S/C39H50N4O4/c1-39(2,3)28-8-10-29(11-9-28)41-30-12-14-33(15-13-30)47-36-16-19-40-35-25-38(37(45-4)24-34(35)36)46-27-32(44)26-42-22-17-31(18-23-42)43-20-6-5-7-21-43/h8-16,19,24-25,31-32,41,44H,5-7,17-18,20-23,26-27H2,1-4H3. The van der Waals surface area contributed by atoms with Crippen LogP contribution >= 0.6 is 0 Å². The minimum Gasteiger partial charge on any atom is -0.493 e. The van der Waals surface area contributed by atoms with Crippen molar-refractivity contribution in [2.24, 2.45) is 0 Å². The number of rotatable bonds is 11. The Bertz CT molecular complexity index is 1590. The van der Waals surface area contributed by atoms with E-state index in [0.717, 1.165) is 35.4 Å². The highest BCUT2D eigenvalue weighted by atomic mass is 16.5. The van der Waals surface area contributed by atoms with Crippen LogP contribution in [0.15, 0.2) is 72.9 Å². The lowest BCUT2D eigenvalue weighted by Gasteiger charge is -2.40. The summed E-state index contributed by atoms with van der Waals surface area (Å²) in [7, 11) is 1.62. The molecule has 0 amide bonds. The van der Waals surface area contributed by atoms with Gasteiger partial charge in [0.2, 0.25) is 0 Å². The van der Waals surface area contributed by atoms with Gasteiger partial charge in [0.05, 0.1) is 12.6 Å². The van der Waals surface area contributed by atoms with Crippen molar-refractivity contribution in [3.8, 4) is 23.0 Å². The number of β-amino-alcohol motifs (C(OH)–C–C–N with tert-alkyl or cyclic N) is 1. The Balaban J connectivity index is 1.04. The van der Waals surface area contributed by atoms with Gasteiger partial charge in [-0.25, -0.2) is 0 Å². The smallest absolute Gasteiger partial charge is 0.163 e. The highest BCUT2D eigenvalue weighted by Gasteiger charge is 2.26. The summed E-state index contributed by atoms with van der Waals surface area (Å²) in [5.41, 5.74) is 4.17. The average Bonchev–Trinajstić information content (AvgIpc) is 3.08. The monoisotopic (exact) mass is 638 g/mol. The van der Waals surface area contributed by atoms with E-state index in [0.29, 0.717) is 35.6 Å². The van der Waals surface area contributed by atoms with Gasteiger partial charge in [-0.3, -0.25) is 4.98 Å². The Kier molecular flexibility index (Phi) is 10.5. The third kappa shape index (κ3) is 8.55. The van der Waals surface area contributed by atoms with E-state index in [4.69, 9.17) is 14.2 Å². The van der Waals surface area contributed by atoms with Gasteiger partial charge in [0.25, 0.3) is 0 Å². The number of nitrogens with zero attached hydrogens (tertiary/aromatic N) is 3. The van der Waals surface area contributed by atoms with Crippen LogP contribution < -0.4 is 19.5 Å². The fourth-order valence-corrected chi connectivity index (χ4v) is 6.73. The summed E-state index contributed by atoms with van der Waals surface area (Å²) in [4.78, 5) is 9.61. The first kappa shape index (κ1) is 33.1. The predicted molar refractivity (Wildman–Crippen MR) is 190 cm³/mol. The van der Waals surface area contributed by atoms with E-state index >= 15 is 0 Å². The van der Waals surface area contributed by atoms with Crippen LogP contribution in [-0.4, -0.2) is 78.5 Å². The molecular weight excluding hydrogens is 588 g/mol. The third-order valence-corrected chi connectivity index (χ3v) is 9.47. The van der Waals surface area contributed by atoms with E-state index < -0.39 is 6.10 Å². The lowest BCUT2D eigenvalue weighted by Crippen LogP contribution is -2.48. The molecule has 0 aliphatic carbocycles. The minimum atomic E-state index is -0.593. The third-order valence-electron chi connectivity index (χ3n) is 9.47. The largest absolute Gasteiger partial charge is 0.493 e. The van der Waals surface area contributed by atoms with Gasteiger partial charge in [-0.2, -0.15) is 0 Å². The molecular formula is C39H50N4O4. The van der Waals surface area contributed by atoms with Crippen molar-refractivity contribution in [2.45, 2.75) is 70.4 Å². The van der Waals surface area contributed by atoms with E-state index in [1.54, 1.807) is 13.3 Å². The Hall–Kier alpha value is -3.85. The molecule has 3 heterocycles. The number of hydrogen-bond donors (Lipinski definition) is 2. The van der Waals surface area contributed by atoms with Crippen molar-refractivity contribution in [1.29, 1.82) is 0 Å². The van der Waals surface area contributed by atoms with E-state index in [1.807, 2.05) is 42.5 Å². The van der Waals surface area contributed by atoms with Gasteiger partial charge in [0, 0.05) is 41.6 Å². The van der Waals surface area contributed by atoms with Crippen LogP contribution in [0.5, 0.6) is 23.0 Å². The number of benzene rings is 3. The van der Waals surface area contributed by atoms with Gasteiger partial charge in [-0.1, -0.05) is 39.3 Å². The molecule has 2 aliphatic rings. The number of aliphatic hydroxyl groups is 1. The molecule has 2 fully saturated rings. The number of nitrogens with one attached hydrogen (secondary N) is 1. The van der Waals surface area contributed by atoms with Crippen LogP contribution in [0.25, 0.3) is 10.9 Å². The molecule has 2 aliphatic heterocycles. The van der Waals surface area contributed by atoms with Crippen molar-refractivity contribution < 1.29 is 19.3 Å². The Labute approximate surface area is 279 Å². The number of ether oxygens (including phenoxy) is 3. The van der Waals surface area contributed by atoms with Crippen LogP contribution in [0.3, 0.4) is 0 Å². The van der Waals surface area contributed by atoms with Crippen molar-refractivity contribution in [3.63, 3.8) is 0 Å². The Morgan fingerprint density at radius 3 is 2.19 bits per heavy atom. The molecule has 2 saturated heterocycles. The molecule has 4 aromatic rings. The molecule has 3 aromatic carbocycles. The molecule has 1 aromatic heterocycles. The summed E-state index contributed by atoms with van der Waals surface area (Å²) in [6, 6.07) is 22.8. The summed E-state index contributed by atoms with van der Waals surface area (Å²) in [5, 5.41) is 15.1. The highest BCUT2D eigenvalue weighted by molar-refractivity contribution is 5.88. The van der Waals surface area contributed by atoms with Crippen LogP contribution in [0.1, 0.15) is 58.4 Å². The molecule has 0 bridgehead atoms. The van der Waals surface area contributed by atoms with E-state index in [2.05, 4.69) is 65.1 Å². The zero-order valence-electron chi connectivity index (χ0n) is 28.4. The number of piperidine rings is 2. The normalized spacial score (nSPS) is 17.4. The maximum Gasteiger partial charge on any atom is 0.163 e. The Morgan fingerprint density at radius 1 is 0.851 bits per heavy atom. The summed E-state index contributed by atoms with van der Waals surface area (Å²) in [5.74, 6) is 2.51. The second-order valence-corrected chi connectivity index (χ2v) is 14.0. The van der Waals surface area contributed by atoms with Gasteiger partial charge < -0.3 is 34.4 Å². The van der Waals surface area contributed by atoms with Gasteiger partial charge in [-0.15, -0.1) is 0 Å². The summed E-state index contributed by atoms with van der Waals surface area (Å²) in [6.45, 7) is 12.0. The fraction of sp³-hybridized carbons (Fsp3) is 0.462. The number of fused-ring (bicyclic) bond motifs is 1. The van der Waals surface area contributed by atoms with E-state index in [1.165, 1.54) is 50.8 Å². The molecule has 8 heteroatoms. The molecule has 1 atom stereocenters. The first-order valence-corrected chi connectivity index (χ1v) is 17.1. The molecule has 1 unspecified atom stereocenters. The van der Waals surface area contributed by atoms with E-state index in [9.17, 15) is 5.11 Å². The van der Waals surface area contributed by atoms with Crippen molar-refractivity contribution >= 4 is 22.3 Å². The van der Waals surface area contributed by atoms with Gasteiger partial charge in [0.1, 0.15) is 24.2 Å². The molecule has 250 valence electrons. The zero-order chi connectivity index (χ0) is 32.8. The number of aromatic nitrogens is 1. The SMILES string of the molecule is COc1cc2c(Oc3ccc(Nc4ccc(C(C)(C)C)cc4)cc3)ccnc2cc1OCC(O)CN1CCC(N2CCCCC2)CC1. The van der Waals surface area contributed by atoms with Crippen LogP contribution in [-0.2, 0) is 5.41 Å². The van der Waals surface area contributed by atoms with Crippen LogP contribution in [0.2, 0.25) is 0 Å². The predicted octanol–water partition coefficient (Wildman–Crippen LogP) is 7.77. The van der Waals surface area contributed by atoms with E-state index in [-0.39, 0.29) is 12.0 Å². The molecule has 2 N–H and O–H groups in total. The molecule has 0 spiro atoms. The summed E-state index contributed by atoms with van der Waals surface area (Å²) in [6.07, 6.45) is 7.52. The molecule has 0 saturated carbocycles. The maximum absolute atomic E-state index is 10.8. The lowest BCUT2D eigenvalue weighted by molar-refractivity contribution is 0.0401. The van der Waals surface area contributed by atoms with Crippen molar-refractivity contribution in [2.75, 3.05) is 51.8 Å². The van der Waals surface area contributed by atoms with Crippen molar-refractivity contribution in [1.82, 2.24) is 14.8 Å². The molecule has 0 radical (unpaired) electrons. The summed E-state index contributed by atoms with van der Waals surface area (Å²) < 4.78 is 18.1. The first-order chi connectivity index (χ1) is 22.7. The zero-order valence-corrected chi connectivity index (χ0v) is 28.4. The van der Waals surface area contributed by atoms with Gasteiger partial charge in [-0.05, 0) is 111 Å². The second kappa shape index (κ2) is 14.9. The second-order valence-electron chi connectivity index (χ2n) is 14.0. The topological polar surface area (TPSA) is 79.3 Å². The van der Waals surface area contributed by atoms with Gasteiger partial charge in [0.15, 0.2) is 11.5 Å². The number of anilines is 2. The van der Waals surface area contributed by atoms with Crippen LogP contribution in [0, 0.1) is 0 Å². The summed E-state index contributed by atoms with van der Waals surface area (Å²) >= 11 is 0. The van der Waals surface area contributed by atoms with Crippen LogP contribution in [0.4, 0.5) is 11.4 Å². The number of hydrogen-bond acceptors (Lipinski definition) is 8. The number of methoxy groups -OCH3 is 1. The quantitative estimate of drug-likeness (QED) is 0.173. The highest BCUT2D eigenvalue weighted by Crippen LogP contribution is 2.37. The minimum absolute atomic E-state index is 0.125. The maximum atomic E-state index is 10.8. The molecule has 6 rings (SSSR count). The first-order valence-electron chi connectivity index (χ1n) is 17.1. The Morgan fingerprint density at radius 2 is 1.53 bits per heavy atom. The number of pyridine rings is 1. The van der Waals surface area contributed by atoms with Gasteiger partial charge >= 0.3 is 0 Å². The van der Waals surface area contributed by atoms with Crippen molar-refractivity contribution in [3.05, 3.63) is 78.5 Å². The lowest BCUT2D eigenvalue weighted by atomic mass is 9.87. The number of aliphatic hydroxyl groups excluding tert-OH is 1. The number of likely N-dealkylation sites (tertiary alicyclic amines) is 2. The molecule has 8 nitrogen and oxygen atoms in total.